The molecular weight excluding hydrogens is 112 g/mol. The van der Waals surface area contributed by atoms with E-state index in [2.05, 4.69) is 20.8 Å². The van der Waals surface area contributed by atoms with E-state index in [0.29, 0.717) is 0 Å². The van der Waals surface area contributed by atoms with Crippen LogP contribution in [-0.4, -0.2) is 17.6 Å². The Labute approximate surface area is 58.0 Å². The van der Waals surface area contributed by atoms with E-state index in [1.54, 1.807) is 5.01 Å². The van der Waals surface area contributed by atoms with Gasteiger partial charge in [0.15, 0.2) is 0 Å². The van der Waals surface area contributed by atoms with Crippen LogP contribution in [0.1, 0.15) is 33.6 Å². The Bertz CT molecular complexity index is 77.0. The number of nitrogens with two attached hydrogens (primary N) is 1. The molecule has 0 unspecified atom stereocenters. The zero-order valence-corrected chi connectivity index (χ0v) is 6.94. The molecule has 0 saturated carbocycles. The SMILES string of the molecule is CCCC(C)(C)N(C)N. The Morgan fingerprint density at radius 1 is 1.44 bits per heavy atom. The molecule has 0 fully saturated rings. The maximum absolute atomic E-state index is 5.59. The molecule has 0 aliphatic rings. The van der Waals surface area contributed by atoms with E-state index in [-0.39, 0.29) is 5.54 Å². The summed E-state index contributed by atoms with van der Waals surface area (Å²) in [6, 6.07) is 0. The summed E-state index contributed by atoms with van der Waals surface area (Å²) in [6.07, 6.45) is 2.34. The summed E-state index contributed by atoms with van der Waals surface area (Å²) < 4.78 is 0. The highest BCUT2D eigenvalue weighted by Crippen LogP contribution is 2.14. The van der Waals surface area contributed by atoms with Gasteiger partial charge in [0.25, 0.3) is 0 Å². The maximum atomic E-state index is 5.59. The fourth-order valence-corrected chi connectivity index (χ4v) is 0.788. The first kappa shape index (κ1) is 8.92. The first-order valence-electron chi connectivity index (χ1n) is 3.49. The van der Waals surface area contributed by atoms with Gasteiger partial charge in [-0.2, -0.15) is 0 Å². The van der Waals surface area contributed by atoms with Crippen molar-refractivity contribution in [3.05, 3.63) is 0 Å². The quantitative estimate of drug-likeness (QED) is 0.462. The molecule has 0 bridgehead atoms. The zero-order chi connectivity index (χ0) is 7.49. The third-order valence-electron chi connectivity index (χ3n) is 1.82. The van der Waals surface area contributed by atoms with Gasteiger partial charge in [0.05, 0.1) is 0 Å². The Kier molecular flexibility index (Phi) is 3.15. The molecule has 0 heterocycles. The van der Waals surface area contributed by atoms with Gasteiger partial charge in [-0.25, -0.2) is 5.01 Å². The lowest BCUT2D eigenvalue weighted by Gasteiger charge is -2.31. The molecule has 56 valence electrons. The second-order valence-corrected chi connectivity index (χ2v) is 3.17. The predicted octanol–water partition coefficient (Wildman–Crippen LogP) is 1.37. The molecule has 0 rings (SSSR count). The summed E-state index contributed by atoms with van der Waals surface area (Å²) in [4.78, 5) is 0. The summed E-state index contributed by atoms with van der Waals surface area (Å²) in [6.45, 7) is 6.47. The van der Waals surface area contributed by atoms with Crippen LogP contribution in [0, 0.1) is 0 Å². The first-order chi connectivity index (χ1) is 4.00. The Hall–Kier alpha value is -0.0800. The van der Waals surface area contributed by atoms with Gasteiger partial charge in [0.2, 0.25) is 0 Å². The summed E-state index contributed by atoms with van der Waals surface area (Å²) in [7, 11) is 1.91. The van der Waals surface area contributed by atoms with Crippen molar-refractivity contribution >= 4 is 0 Å². The van der Waals surface area contributed by atoms with E-state index in [1.165, 1.54) is 6.42 Å². The van der Waals surface area contributed by atoms with Crippen molar-refractivity contribution in [3.63, 3.8) is 0 Å². The van der Waals surface area contributed by atoms with Crippen LogP contribution in [0.4, 0.5) is 0 Å². The third kappa shape index (κ3) is 2.82. The van der Waals surface area contributed by atoms with Gasteiger partial charge in [-0.05, 0) is 20.3 Å². The molecular formula is C7H18N2. The summed E-state index contributed by atoms with van der Waals surface area (Å²) >= 11 is 0. The molecule has 0 radical (unpaired) electrons. The van der Waals surface area contributed by atoms with Crippen molar-refractivity contribution in [1.29, 1.82) is 0 Å². The summed E-state index contributed by atoms with van der Waals surface area (Å²) in [5, 5.41) is 1.77. The van der Waals surface area contributed by atoms with E-state index in [1.807, 2.05) is 7.05 Å². The molecule has 0 saturated heterocycles. The smallest absolute Gasteiger partial charge is 0.0292 e. The van der Waals surface area contributed by atoms with Gasteiger partial charge >= 0.3 is 0 Å². The topological polar surface area (TPSA) is 29.3 Å². The molecule has 0 spiro atoms. The van der Waals surface area contributed by atoms with E-state index in [0.717, 1.165) is 6.42 Å². The standard InChI is InChI=1S/C7H18N2/c1-5-6-7(2,3)9(4)8/h5-6,8H2,1-4H3. The van der Waals surface area contributed by atoms with E-state index < -0.39 is 0 Å². The molecule has 0 aliphatic carbocycles. The van der Waals surface area contributed by atoms with Gasteiger partial charge in [-0.3, -0.25) is 5.84 Å². The van der Waals surface area contributed by atoms with Crippen molar-refractivity contribution in [3.8, 4) is 0 Å². The minimum absolute atomic E-state index is 0.161. The fourth-order valence-electron chi connectivity index (χ4n) is 0.788. The number of hydrogen-bond donors (Lipinski definition) is 1. The van der Waals surface area contributed by atoms with E-state index in [4.69, 9.17) is 5.84 Å². The molecule has 0 aliphatic heterocycles. The van der Waals surface area contributed by atoms with E-state index >= 15 is 0 Å². The van der Waals surface area contributed by atoms with Crippen molar-refractivity contribution in [2.45, 2.75) is 39.2 Å². The number of hydrazine groups is 1. The molecule has 0 aromatic heterocycles. The van der Waals surface area contributed by atoms with Crippen LogP contribution in [0.15, 0.2) is 0 Å². The fraction of sp³-hybridized carbons (Fsp3) is 1.00. The van der Waals surface area contributed by atoms with Crippen LogP contribution >= 0.6 is 0 Å². The molecule has 2 heteroatoms. The maximum Gasteiger partial charge on any atom is 0.0292 e. The van der Waals surface area contributed by atoms with Crippen LogP contribution < -0.4 is 5.84 Å². The molecule has 0 aromatic carbocycles. The van der Waals surface area contributed by atoms with Crippen LogP contribution in [0.5, 0.6) is 0 Å². The monoisotopic (exact) mass is 130 g/mol. The van der Waals surface area contributed by atoms with Crippen molar-refractivity contribution in [2.24, 2.45) is 5.84 Å². The molecule has 0 aromatic rings. The largest absolute Gasteiger partial charge is 0.269 e. The van der Waals surface area contributed by atoms with Gasteiger partial charge in [-0.1, -0.05) is 13.3 Å². The van der Waals surface area contributed by atoms with E-state index in [9.17, 15) is 0 Å². The normalized spacial score (nSPS) is 12.7. The first-order valence-corrected chi connectivity index (χ1v) is 3.49. The van der Waals surface area contributed by atoms with Gasteiger partial charge in [0, 0.05) is 12.6 Å². The molecule has 2 N–H and O–H groups in total. The number of hydrogen-bond acceptors (Lipinski definition) is 2. The summed E-state index contributed by atoms with van der Waals surface area (Å²) in [5.41, 5.74) is 0.161. The lowest BCUT2D eigenvalue weighted by atomic mass is 9.99. The Balaban J connectivity index is 3.70. The van der Waals surface area contributed by atoms with Crippen LogP contribution in [-0.2, 0) is 0 Å². The van der Waals surface area contributed by atoms with Crippen molar-refractivity contribution in [2.75, 3.05) is 7.05 Å². The highest BCUT2D eigenvalue weighted by molar-refractivity contribution is 4.74. The van der Waals surface area contributed by atoms with Gasteiger partial charge in [-0.15, -0.1) is 0 Å². The van der Waals surface area contributed by atoms with Gasteiger partial charge < -0.3 is 0 Å². The van der Waals surface area contributed by atoms with Crippen LogP contribution in [0.2, 0.25) is 0 Å². The predicted molar refractivity (Wildman–Crippen MR) is 40.9 cm³/mol. The van der Waals surface area contributed by atoms with Crippen molar-refractivity contribution < 1.29 is 0 Å². The molecule has 0 amide bonds. The summed E-state index contributed by atoms with van der Waals surface area (Å²) in [5.74, 6) is 5.59. The average molecular weight is 130 g/mol. The second kappa shape index (κ2) is 3.18. The number of nitrogens with zero attached hydrogens (tertiary/aromatic N) is 1. The third-order valence-corrected chi connectivity index (χ3v) is 1.82. The minimum Gasteiger partial charge on any atom is -0.269 e. The van der Waals surface area contributed by atoms with Crippen molar-refractivity contribution in [1.82, 2.24) is 5.01 Å². The highest BCUT2D eigenvalue weighted by Gasteiger charge is 2.18. The Morgan fingerprint density at radius 2 is 1.89 bits per heavy atom. The Morgan fingerprint density at radius 3 is 2.00 bits per heavy atom. The van der Waals surface area contributed by atoms with Crippen LogP contribution in [0.25, 0.3) is 0 Å². The minimum atomic E-state index is 0.161. The second-order valence-electron chi connectivity index (χ2n) is 3.17. The van der Waals surface area contributed by atoms with Crippen LogP contribution in [0.3, 0.4) is 0 Å². The molecule has 0 atom stereocenters. The molecule has 2 nitrogen and oxygen atoms in total. The lowest BCUT2D eigenvalue weighted by Crippen LogP contribution is -2.45. The number of rotatable bonds is 3. The van der Waals surface area contributed by atoms with Gasteiger partial charge in [0.1, 0.15) is 0 Å². The highest BCUT2D eigenvalue weighted by atomic mass is 15.4. The average Bonchev–Trinajstić information content (AvgIpc) is 1.65. The lowest BCUT2D eigenvalue weighted by molar-refractivity contribution is 0.147. The molecule has 9 heavy (non-hydrogen) atoms. The zero-order valence-electron chi connectivity index (χ0n) is 6.94.